The number of amides is 1. The molecule has 7 heteroatoms. The van der Waals surface area contributed by atoms with Gasteiger partial charge in [-0.3, -0.25) is 9.20 Å². The van der Waals surface area contributed by atoms with Gasteiger partial charge in [0.2, 0.25) is 5.78 Å². The Balaban J connectivity index is 1.33. The first-order valence-corrected chi connectivity index (χ1v) is 8.72. The van der Waals surface area contributed by atoms with E-state index in [0.717, 1.165) is 5.56 Å². The lowest BCUT2D eigenvalue weighted by Gasteiger charge is -2.08. The van der Waals surface area contributed by atoms with Gasteiger partial charge in [-0.15, -0.1) is 0 Å². The molecule has 0 aliphatic heterocycles. The first kappa shape index (κ1) is 17.7. The Hall–Kier alpha value is -3.74. The van der Waals surface area contributed by atoms with Gasteiger partial charge in [0.1, 0.15) is 23.9 Å². The molecular formula is C21H17FN4O2. The predicted octanol–water partition coefficient (Wildman–Crippen LogP) is 3.38. The van der Waals surface area contributed by atoms with Crippen molar-refractivity contribution >= 4 is 11.7 Å². The molecule has 2 aromatic carbocycles. The van der Waals surface area contributed by atoms with Gasteiger partial charge < -0.3 is 10.1 Å². The van der Waals surface area contributed by atoms with Crippen molar-refractivity contribution in [1.82, 2.24) is 19.7 Å². The Bertz CT molecular complexity index is 1080. The summed E-state index contributed by atoms with van der Waals surface area (Å²) in [4.78, 5) is 20.6. The summed E-state index contributed by atoms with van der Waals surface area (Å²) >= 11 is 0. The summed E-state index contributed by atoms with van der Waals surface area (Å²) in [5.74, 6) is 0.545. The third kappa shape index (κ3) is 3.98. The molecule has 28 heavy (non-hydrogen) atoms. The van der Waals surface area contributed by atoms with Gasteiger partial charge in [-0.05, 0) is 29.8 Å². The van der Waals surface area contributed by atoms with E-state index in [2.05, 4.69) is 15.3 Å². The number of carbonyl (C=O) groups excluding carboxylic acids is 1. The molecule has 0 saturated carbocycles. The van der Waals surface area contributed by atoms with Crippen LogP contribution >= 0.6 is 0 Å². The van der Waals surface area contributed by atoms with Gasteiger partial charge in [-0.1, -0.05) is 30.3 Å². The van der Waals surface area contributed by atoms with Crippen molar-refractivity contribution in [2.24, 2.45) is 0 Å². The number of ether oxygens (including phenoxy) is 1. The zero-order chi connectivity index (χ0) is 19.3. The molecule has 1 N–H and O–H groups in total. The van der Waals surface area contributed by atoms with E-state index in [-0.39, 0.29) is 18.3 Å². The van der Waals surface area contributed by atoms with Gasteiger partial charge in [-0.2, -0.15) is 0 Å². The van der Waals surface area contributed by atoms with Crippen LogP contribution in [0, 0.1) is 5.82 Å². The molecule has 0 fully saturated rings. The molecule has 6 nitrogen and oxygen atoms in total. The molecule has 0 atom stereocenters. The molecule has 0 aliphatic rings. The Morgan fingerprint density at radius 1 is 1.11 bits per heavy atom. The van der Waals surface area contributed by atoms with Gasteiger partial charge in [-0.25, -0.2) is 14.4 Å². The van der Waals surface area contributed by atoms with Crippen molar-refractivity contribution in [3.63, 3.8) is 0 Å². The molecule has 0 spiro atoms. The average Bonchev–Trinajstić information content (AvgIpc) is 3.17. The van der Waals surface area contributed by atoms with Gasteiger partial charge >= 0.3 is 0 Å². The molecule has 4 rings (SSSR count). The highest BCUT2D eigenvalue weighted by molar-refractivity contribution is 5.92. The average molecular weight is 376 g/mol. The minimum absolute atomic E-state index is 0.157. The van der Waals surface area contributed by atoms with Crippen LogP contribution in [0.1, 0.15) is 21.6 Å². The first-order valence-electron chi connectivity index (χ1n) is 8.72. The lowest BCUT2D eigenvalue weighted by atomic mass is 10.2. The number of benzene rings is 2. The molecule has 2 aromatic heterocycles. The van der Waals surface area contributed by atoms with Crippen molar-refractivity contribution in [3.05, 3.63) is 95.8 Å². The predicted molar refractivity (Wildman–Crippen MR) is 101 cm³/mol. The molecule has 0 radical (unpaired) electrons. The van der Waals surface area contributed by atoms with Crippen molar-refractivity contribution in [2.45, 2.75) is 13.2 Å². The lowest BCUT2D eigenvalue weighted by Crippen LogP contribution is -2.23. The Labute approximate surface area is 160 Å². The second kappa shape index (κ2) is 7.87. The maximum Gasteiger partial charge on any atom is 0.271 e. The van der Waals surface area contributed by atoms with Crippen LogP contribution in [-0.2, 0) is 13.2 Å². The van der Waals surface area contributed by atoms with Gasteiger partial charge in [0.25, 0.3) is 5.91 Å². The number of carbonyl (C=O) groups is 1. The third-order valence-electron chi connectivity index (χ3n) is 4.20. The quantitative estimate of drug-likeness (QED) is 0.560. The van der Waals surface area contributed by atoms with Crippen LogP contribution in [0.2, 0.25) is 0 Å². The van der Waals surface area contributed by atoms with Crippen LogP contribution < -0.4 is 10.1 Å². The Morgan fingerprint density at radius 2 is 1.93 bits per heavy atom. The van der Waals surface area contributed by atoms with Gasteiger partial charge in [0.05, 0.1) is 0 Å². The fourth-order valence-electron chi connectivity index (χ4n) is 2.69. The van der Waals surface area contributed by atoms with E-state index >= 15 is 0 Å². The standard InChI is InChI=1S/C21H17FN4O2/c22-18-5-2-1-4-16(18)14-28-17-8-6-15(7-9-17)12-24-20(27)19-13-26-11-3-10-23-21(26)25-19/h1-11,13H,12,14H2,(H,24,27). The van der Waals surface area contributed by atoms with Crippen LogP contribution in [0.25, 0.3) is 5.78 Å². The number of fused-ring (bicyclic) bond motifs is 1. The molecule has 0 aliphatic carbocycles. The van der Waals surface area contributed by atoms with Crippen LogP contribution in [0.15, 0.2) is 73.2 Å². The largest absolute Gasteiger partial charge is 0.489 e. The summed E-state index contributed by atoms with van der Waals surface area (Å²) in [6.45, 7) is 0.512. The topological polar surface area (TPSA) is 68.5 Å². The second-order valence-corrected chi connectivity index (χ2v) is 6.16. The number of nitrogens with one attached hydrogen (secondary N) is 1. The molecule has 140 valence electrons. The maximum absolute atomic E-state index is 13.6. The summed E-state index contributed by atoms with van der Waals surface area (Å²) < 4.78 is 20.9. The number of aromatic nitrogens is 3. The van der Waals surface area contributed by atoms with E-state index in [1.807, 2.05) is 12.1 Å². The van der Waals surface area contributed by atoms with Crippen LogP contribution in [0.3, 0.4) is 0 Å². The number of imidazole rings is 1. The highest BCUT2D eigenvalue weighted by atomic mass is 19.1. The summed E-state index contributed by atoms with van der Waals surface area (Å²) in [6.07, 6.45) is 5.04. The highest BCUT2D eigenvalue weighted by Gasteiger charge is 2.10. The molecule has 4 aromatic rings. The zero-order valence-corrected chi connectivity index (χ0v) is 14.9. The van der Waals surface area contributed by atoms with E-state index in [1.165, 1.54) is 6.07 Å². The maximum atomic E-state index is 13.6. The van der Waals surface area contributed by atoms with E-state index in [9.17, 15) is 9.18 Å². The summed E-state index contributed by atoms with van der Waals surface area (Å²) in [6, 6.07) is 15.6. The first-order chi connectivity index (χ1) is 13.7. The normalized spacial score (nSPS) is 10.8. The summed E-state index contributed by atoms with van der Waals surface area (Å²) in [5.41, 5.74) is 1.72. The Kier molecular flexibility index (Phi) is 4.97. The number of hydrogen-bond acceptors (Lipinski definition) is 4. The zero-order valence-electron chi connectivity index (χ0n) is 14.9. The third-order valence-corrected chi connectivity index (χ3v) is 4.20. The van der Waals surface area contributed by atoms with E-state index in [4.69, 9.17) is 4.74 Å². The van der Waals surface area contributed by atoms with Gasteiger partial charge in [0, 0.05) is 30.7 Å². The Morgan fingerprint density at radius 3 is 2.71 bits per heavy atom. The van der Waals surface area contributed by atoms with Crippen molar-refractivity contribution in [1.29, 1.82) is 0 Å². The van der Waals surface area contributed by atoms with E-state index < -0.39 is 0 Å². The number of nitrogens with zero attached hydrogens (tertiary/aromatic N) is 3. The SMILES string of the molecule is O=C(NCc1ccc(OCc2ccccc2F)cc1)c1cn2cccnc2n1. The number of halogens is 1. The van der Waals surface area contributed by atoms with Crippen LogP contribution in [0.5, 0.6) is 5.75 Å². The molecule has 0 unspecified atom stereocenters. The fraction of sp³-hybridized carbons (Fsp3) is 0.0952. The second-order valence-electron chi connectivity index (χ2n) is 6.16. The van der Waals surface area contributed by atoms with Gasteiger partial charge in [0.15, 0.2) is 0 Å². The highest BCUT2D eigenvalue weighted by Crippen LogP contribution is 2.15. The summed E-state index contributed by atoms with van der Waals surface area (Å²) in [7, 11) is 0. The molecule has 1 amide bonds. The van der Waals surface area contributed by atoms with E-state index in [1.54, 1.807) is 59.4 Å². The molecular weight excluding hydrogens is 359 g/mol. The van der Waals surface area contributed by atoms with Crippen molar-refractivity contribution in [2.75, 3.05) is 0 Å². The fourth-order valence-corrected chi connectivity index (χ4v) is 2.69. The van der Waals surface area contributed by atoms with Crippen LogP contribution in [-0.4, -0.2) is 20.3 Å². The van der Waals surface area contributed by atoms with Crippen molar-refractivity contribution < 1.29 is 13.9 Å². The van der Waals surface area contributed by atoms with Crippen LogP contribution in [0.4, 0.5) is 4.39 Å². The number of hydrogen-bond donors (Lipinski definition) is 1. The monoisotopic (exact) mass is 376 g/mol. The molecule has 2 heterocycles. The lowest BCUT2D eigenvalue weighted by molar-refractivity contribution is 0.0946. The molecule has 0 saturated heterocycles. The minimum Gasteiger partial charge on any atom is -0.489 e. The van der Waals surface area contributed by atoms with Crippen molar-refractivity contribution in [3.8, 4) is 5.75 Å². The number of rotatable bonds is 6. The smallest absolute Gasteiger partial charge is 0.271 e. The minimum atomic E-state index is -0.288. The van der Waals surface area contributed by atoms with E-state index in [0.29, 0.717) is 29.3 Å². The summed E-state index contributed by atoms with van der Waals surface area (Å²) in [5, 5.41) is 2.83. The molecule has 0 bridgehead atoms.